The van der Waals surface area contributed by atoms with Crippen molar-refractivity contribution in [3.8, 4) is 0 Å². The molecular formula is C5H9NO3. The van der Waals surface area contributed by atoms with Crippen LogP contribution in [-0.2, 0) is 9.53 Å². The van der Waals surface area contributed by atoms with E-state index >= 15 is 0 Å². The van der Waals surface area contributed by atoms with Gasteiger partial charge in [0.2, 0.25) is 0 Å². The third kappa shape index (κ3) is 1.65. The average molecular weight is 131 g/mol. The summed E-state index contributed by atoms with van der Waals surface area (Å²) in [4.78, 5) is 10.4. The van der Waals surface area contributed by atoms with E-state index in [1.54, 1.807) is 0 Å². The van der Waals surface area contributed by atoms with Crippen LogP contribution in [0.3, 0.4) is 0 Å². The van der Waals surface area contributed by atoms with Crippen molar-refractivity contribution in [2.75, 3.05) is 6.73 Å². The van der Waals surface area contributed by atoms with Crippen LogP contribution in [0, 0.1) is 0 Å². The molecule has 0 aromatic carbocycles. The third-order valence-electron chi connectivity index (χ3n) is 1.20. The van der Waals surface area contributed by atoms with Gasteiger partial charge in [0.25, 0.3) is 0 Å². The normalized spacial score (nSPS) is 26.3. The summed E-state index contributed by atoms with van der Waals surface area (Å²) in [5.74, 6) is -0.194. The lowest BCUT2D eigenvalue weighted by Crippen LogP contribution is -2.28. The van der Waals surface area contributed by atoms with Gasteiger partial charge in [-0.15, -0.1) is 0 Å². The summed E-state index contributed by atoms with van der Waals surface area (Å²) in [5.41, 5.74) is 0. The quantitative estimate of drug-likeness (QED) is 0.380. The molecule has 52 valence electrons. The molecule has 0 amide bonds. The zero-order valence-electron chi connectivity index (χ0n) is 4.96. The molecule has 9 heavy (non-hydrogen) atoms. The molecule has 0 bridgehead atoms. The fourth-order valence-corrected chi connectivity index (χ4v) is 0.771. The van der Waals surface area contributed by atoms with Gasteiger partial charge in [-0.25, -0.2) is 0 Å². The fourth-order valence-electron chi connectivity index (χ4n) is 0.771. The van der Waals surface area contributed by atoms with Crippen LogP contribution in [0.2, 0.25) is 0 Å². The van der Waals surface area contributed by atoms with Crippen molar-refractivity contribution in [2.45, 2.75) is 19.1 Å². The van der Waals surface area contributed by atoms with Gasteiger partial charge in [0.15, 0.2) is 6.23 Å². The Balaban J connectivity index is 2.22. The minimum Gasteiger partial charge on any atom is -0.446 e. The van der Waals surface area contributed by atoms with Crippen molar-refractivity contribution < 1.29 is 14.6 Å². The molecule has 4 nitrogen and oxygen atoms in total. The van der Waals surface area contributed by atoms with E-state index in [2.05, 4.69) is 5.32 Å². The Hall–Kier alpha value is -0.610. The summed E-state index contributed by atoms with van der Waals surface area (Å²) >= 11 is 0. The SMILES string of the molecule is O=C1CCC(NCO)O1. The fraction of sp³-hybridized carbons (Fsp3) is 0.800. The summed E-state index contributed by atoms with van der Waals surface area (Å²) in [5, 5.41) is 10.9. The molecule has 0 radical (unpaired) electrons. The highest BCUT2D eigenvalue weighted by molar-refractivity contribution is 5.71. The van der Waals surface area contributed by atoms with E-state index in [1.165, 1.54) is 0 Å². The monoisotopic (exact) mass is 131 g/mol. The van der Waals surface area contributed by atoms with Crippen LogP contribution in [0.1, 0.15) is 12.8 Å². The molecule has 1 heterocycles. The number of cyclic esters (lactones) is 1. The highest BCUT2D eigenvalue weighted by Gasteiger charge is 2.21. The van der Waals surface area contributed by atoms with E-state index in [0.717, 1.165) is 0 Å². The van der Waals surface area contributed by atoms with Crippen LogP contribution in [0.5, 0.6) is 0 Å². The Kier molecular flexibility index (Phi) is 2.02. The second kappa shape index (κ2) is 2.80. The lowest BCUT2D eigenvalue weighted by molar-refractivity contribution is -0.142. The largest absolute Gasteiger partial charge is 0.446 e. The highest BCUT2D eigenvalue weighted by Crippen LogP contribution is 2.09. The Morgan fingerprint density at radius 1 is 1.89 bits per heavy atom. The van der Waals surface area contributed by atoms with Gasteiger partial charge in [-0.1, -0.05) is 0 Å². The first-order chi connectivity index (χ1) is 4.33. The molecule has 1 saturated heterocycles. The van der Waals surface area contributed by atoms with E-state index in [9.17, 15) is 4.79 Å². The van der Waals surface area contributed by atoms with E-state index in [4.69, 9.17) is 9.84 Å². The van der Waals surface area contributed by atoms with Gasteiger partial charge in [0.05, 0.1) is 13.2 Å². The minimum atomic E-state index is -0.262. The molecule has 1 fully saturated rings. The van der Waals surface area contributed by atoms with Crippen LogP contribution in [0.25, 0.3) is 0 Å². The lowest BCUT2D eigenvalue weighted by Gasteiger charge is -2.06. The van der Waals surface area contributed by atoms with Gasteiger partial charge in [0, 0.05) is 6.42 Å². The molecule has 1 atom stereocenters. The smallest absolute Gasteiger partial charge is 0.307 e. The predicted octanol–water partition coefficient (Wildman–Crippen LogP) is -0.811. The van der Waals surface area contributed by atoms with Gasteiger partial charge in [0.1, 0.15) is 0 Å². The molecule has 1 rings (SSSR count). The number of nitrogens with one attached hydrogen (secondary N) is 1. The van der Waals surface area contributed by atoms with Gasteiger partial charge in [-0.3, -0.25) is 10.1 Å². The number of ether oxygens (including phenoxy) is 1. The van der Waals surface area contributed by atoms with Crippen molar-refractivity contribution in [3.05, 3.63) is 0 Å². The van der Waals surface area contributed by atoms with Crippen molar-refractivity contribution in [1.29, 1.82) is 0 Å². The second-order valence-corrected chi connectivity index (χ2v) is 1.88. The first kappa shape index (κ1) is 6.51. The van der Waals surface area contributed by atoms with Crippen molar-refractivity contribution in [3.63, 3.8) is 0 Å². The summed E-state index contributed by atoms with van der Waals surface area (Å²) in [6, 6.07) is 0. The number of hydrogen-bond acceptors (Lipinski definition) is 4. The van der Waals surface area contributed by atoms with Gasteiger partial charge in [-0.05, 0) is 0 Å². The zero-order chi connectivity index (χ0) is 6.69. The van der Waals surface area contributed by atoms with E-state index in [-0.39, 0.29) is 18.9 Å². The number of aliphatic hydroxyl groups excluding tert-OH is 1. The van der Waals surface area contributed by atoms with E-state index < -0.39 is 0 Å². The standard InChI is InChI=1S/C5H9NO3/c7-3-6-4-1-2-5(8)9-4/h4,6-7H,1-3H2. The number of esters is 1. The highest BCUT2D eigenvalue weighted by atomic mass is 16.6. The minimum absolute atomic E-state index is 0.141. The molecule has 1 aliphatic rings. The van der Waals surface area contributed by atoms with E-state index in [1.807, 2.05) is 0 Å². The first-order valence-corrected chi connectivity index (χ1v) is 2.86. The Morgan fingerprint density at radius 3 is 3.11 bits per heavy atom. The number of aliphatic hydroxyl groups is 1. The molecule has 1 unspecified atom stereocenters. The molecule has 2 N–H and O–H groups in total. The Morgan fingerprint density at radius 2 is 2.67 bits per heavy atom. The zero-order valence-corrected chi connectivity index (χ0v) is 4.96. The Bertz CT molecular complexity index is 115. The van der Waals surface area contributed by atoms with Crippen molar-refractivity contribution in [1.82, 2.24) is 5.32 Å². The van der Waals surface area contributed by atoms with Crippen LogP contribution < -0.4 is 5.32 Å². The third-order valence-corrected chi connectivity index (χ3v) is 1.20. The molecule has 0 spiro atoms. The number of rotatable bonds is 2. The molecule has 0 saturated carbocycles. The molecule has 0 aliphatic carbocycles. The molecule has 0 aromatic heterocycles. The molecular weight excluding hydrogens is 122 g/mol. The predicted molar refractivity (Wildman–Crippen MR) is 29.3 cm³/mol. The lowest BCUT2D eigenvalue weighted by atomic mass is 10.3. The van der Waals surface area contributed by atoms with Crippen LogP contribution in [0.15, 0.2) is 0 Å². The summed E-state index contributed by atoms with van der Waals surface area (Å²) in [7, 11) is 0. The summed E-state index contributed by atoms with van der Waals surface area (Å²) in [6.07, 6.45) is 0.861. The summed E-state index contributed by atoms with van der Waals surface area (Å²) in [6.45, 7) is -0.141. The number of carbonyl (C=O) groups is 1. The maximum Gasteiger partial charge on any atom is 0.307 e. The van der Waals surface area contributed by atoms with Gasteiger partial charge in [-0.2, -0.15) is 0 Å². The van der Waals surface area contributed by atoms with Gasteiger partial charge < -0.3 is 9.84 Å². The van der Waals surface area contributed by atoms with Crippen LogP contribution in [-0.4, -0.2) is 24.0 Å². The molecule has 0 aromatic rings. The van der Waals surface area contributed by atoms with Crippen molar-refractivity contribution >= 4 is 5.97 Å². The second-order valence-electron chi connectivity index (χ2n) is 1.88. The average Bonchev–Trinajstić information content (AvgIpc) is 2.17. The topological polar surface area (TPSA) is 58.6 Å². The Labute approximate surface area is 52.8 Å². The van der Waals surface area contributed by atoms with Crippen LogP contribution >= 0.6 is 0 Å². The maximum atomic E-state index is 10.4. The van der Waals surface area contributed by atoms with Crippen LogP contribution in [0.4, 0.5) is 0 Å². The van der Waals surface area contributed by atoms with Crippen molar-refractivity contribution in [2.24, 2.45) is 0 Å². The first-order valence-electron chi connectivity index (χ1n) is 2.86. The van der Waals surface area contributed by atoms with E-state index in [0.29, 0.717) is 12.8 Å². The molecule has 1 aliphatic heterocycles. The van der Waals surface area contributed by atoms with Gasteiger partial charge >= 0.3 is 5.97 Å². The number of carbonyl (C=O) groups excluding carboxylic acids is 1. The molecule has 4 heteroatoms. The number of hydrogen-bond donors (Lipinski definition) is 2. The summed E-state index contributed by atoms with van der Waals surface area (Å²) < 4.78 is 4.69. The maximum absolute atomic E-state index is 10.4.